The van der Waals surface area contributed by atoms with Gasteiger partial charge in [-0.25, -0.2) is 0 Å². The van der Waals surface area contributed by atoms with E-state index in [0.717, 1.165) is 131 Å². The Kier molecular flexibility index (Phi) is 22.4. The summed E-state index contributed by atoms with van der Waals surface area (Å²) >= 11 is 2.04. The molecule has 9 nitrogen and oxygen atoms in total. The van der Waals surface area contributed by atoms with E-state index in [1.165, 1.54) is 192 Å². The lowest BCUT2D eigenvalue weighted by Gasteiger charge is -2.61. The second-order valence-corrected chi connectivity index (χ2v) is 49.6. The summed E-state index contributed by atoms with van der Waals surface area (Å²) in [6.07, 6.45) is 32.0. The molecular weight excluding hydrogens is 1810 g/mol. The van der Waals surface area contributed by atoms with Gasteiger partial charge in [0.05, 0.1) is 14.2 Å². The van der Waals surface area contributed by atoms with E-state index in [0.29, 0.717) is 11.8 Å². The molecular formula is C137H138N4O5S. The summed E-state index contributed by atoms with van der Waals surface area (Å²) in [4.78, 5) is 9.80. The fourth-order valence-electron chi connectivity index (χ4n) is 31.5. The molecule has 0 amide bonds. The van der Waals surface area contributed by atoms with Crippen LogP contribution >= 0.6 is 11.8 Å². The third-order valence-corrected chi connectivity index (χ3v) is 38.7. The topological polar surface area (TPSA) is 59.1 Å². The van der Waals surface area contributed by atoms with Gasteiger partial charge in [-0.2, -0.15) is 11.8 Å². The smallest absolute Gasteiger partial charge is 0.178 e. The minimum absolute atomic E-state index is 0.0277. The number of ether oxygens (including phenoxy) is 5. The molecule has 742 valence electrons. The van der Waals surface area contributed by atoms with Crippen molar-refractivity contribution in [2.24, 2.45) is 34.5 Å². The first-order chi connectivity index (χ1) is 71.3. The number of hydrogen-bond acceptors (Lipinski definition) is 10. The molecule has 5 saturated carbocycles. The molecule has 0 N–H and O–H groups in total. The van der Waals surface area contributed by atoms with Gasteiger partial charge in [-0.15, -0.1) is 0 Å². The highest BCUT2D eigenvalue weighted by atomic mass is 32.2. The lowest BCUT2D eigenvalue weighted by Crippen LogP contribution is -2.62. The summed E-state index contributed by atoms with van der Waals surface area (Å²) < 4.78 is 34.8. The molecule has 147 heavy (non-hydrogen) atoms. The SMILES string of the molecule is C1=CC(c2ccccc2)(c2ccc(N3CCCCC3)cc2)Oc2c1c1c(c3ccccc23)-c2ccccc2C12C1CC3CC(C1)CC2C3.COc1ccc2c3c(c4c(c2c1)OC(c1ccccc1)(c1ccc(N(C)C)cc1)C=C4)C1(CC(C)(C)CCC(C)(C)C1)c1ccccc1-3.COc1ccc2c3c(c4c(c2c1)OC(c1ccccc1)(c1ccc(N2CCSCC2)cc1)C=C4)C1(CC(C)(C)N(C)C(C)(C)C1)c1ccccc1-3. The number of piperidine rings is 2. The maximum Gasteiger partial charge on any atom is 0.178 e. The first-order valence-corrected chi connectivity index (χ1v) is 55.8. The summed E-state index contributed by atoms with van der Waals surface area (Å²) in [5.41, 5.74) is 29.4. The molecule has 6 aliphatic heterocycles. The molecule has 3 spiro atoms. The average Bonchev–Trinajstić information content (AvgIpc) is 1.51. The fourth-order valence-corrected chi connectivity index (χ4v) is 32.4. The number of benzene rings is 15. The second-order valence-electron chi connectivity index (χ2n) is 48.3. The largest absolute Gasteiger partial charge is 0.497 e. The van der Waals surface area contributed by atoms with E-state index in [1.54, 1.807) is 25.3 Å². The number of hydrogen-bond donors (Lipinski definition) is 0. The Bertz CT molecular complexity index is 7750. The Hall–Kier alpha value is -13.0. The van der Waals surface area contributed by atoms with Gasteiger partial charge in [0.15, 0.2) is 16.8 Å². The van der Waals surface area contributed by atoms with E-state index in [-0.39, 0.29) is 38.2 Å². The van der Waals surface area contributed by atoms with Gasteiger partial charge in [0.1, 0.15) is 28.7 Å². The van der Waals surface area contributed by atoms with Gasteiger partial charge in [0, 0.05) is 162 Å². The molecule has 15 aromatic rings. The third kappa shape index (κ3) is 14.6. The van der Waals surface area contributed by atoms with Crippen molar-refractivity contribution >= 4 is 79.4 Å². The van der Waals surface area contributed by atoms with Crippen LogP contribution in [0.25, 0.3) is 83.9 Å². The van der Waals surface area contributed by atoms with Crippen LogP contribution in [0.1, 0.15) is 229 Å². The van der Waals surface area contributed by atoms with Crippen molar-refractivity contribution in [1.29, 1.82) is 0 Å². The highest BCUT2D eigenvalue weighted by Gasteiger charge is 2.65. The zero-order valence-corrected chi connectivity index (χ0v) is 88.8. The van der Waals surface area contributed by atoms with E-state index in [2.05, 4.69) is 430 Å². The number of rotatable bonds is 11. The molecule has 0 radical (unpaired) electrons. The summed E-state index contributed by atoms with van der Waals surface area (Å²) in [6, 6.07) is 110. The van der Waals surface area contributed by atoms with Crippen molar-refractivity contribution in [3.8, 4) is 62.1 Å². The van der Waals surface area contributed by atoms with Crippen LogP contribution < -0.4 is 38.4 Å². The molecule has 8 fully saturated rings. The molecule has 4 bridgehead atoms. The monoisotopic (exact) mass is 1950 g/mol. The van der Waals surface area contributed by atoms with Crippen LogP contribution in [0, 0.1) is 34.5 Å². The number of fused-ring (bicyclic) bond motifs is 28. The minimum atomic E-state index is -0.807. The van der Waals surface area contributed by atoms with Crippen molar-refractivity contribution in [2.45, 2.75) is 189 Å². The average molecular weight is 1950 g/mol. The van der Waals surface area contributed by atoms with Crippen molar-refractivity contribution in [3.05, 3.63) is 399 Å². The highest BCUT2D eigenvalue weighted by Crippen LogP contribution is 2.74. The summed E-state index contributed by atoms with van der Waals surface area (Å²) in [7, 11) is 9.98. The molecule has 10 heteroatoms. The lowest BCUT2D eigenvalue weighted by molar-refractivity contribution is -0.0401. The molecule has 3 saturated heterocycles. The van der Waals surface area contributed by atoms with Gasteiger partial charge in [0.25, 0.3) is 0 Å². The molecule has 3 atom stereocenters. The van der Waals surface area contributed by atoms with Crippen LogP contribution in [-0.4, -0.2) is 89.0 Å². The van der Waals surface area contributed by atoms with E-state index in [1.807, 2.05) is 11.8 Å². The summed E-state index contributed by atoms with van der Waals surface area (Å²) in [5, 5.41) is 7.22. The van der Waals surface area contributed by atoms with Crippen molar-refractivity contribution < 1.29 is 23.7 Å². The van der Waals surface area contributed by atoms with Crippen LogP contribution in [0.5, 0.6) is 28.7 Å². The molecule has 0 aromatic heterocycles. The number of nitrogens with zero attached hydrogens (tertiary/aromatic N) is 4. The van der Waals surface area contributed by atoms with Crippen LogP contribution in [-0.2, 0) is 33.0 Å². The van der Waals surface area contributed by atoms with Crippen molar-refractivity contribution in [3.63, 3.8) is 0 Å². The van der Waals surface area contributed by atoms with Gasteiger partial charge >= 0.3 is 0 Å². The van der Waals surface area contributed by atoms with Crippen LogP contribution in [0.2, 0.25) is 0 Å². The number of anilines is 3. The van der Waals surface area contributed by atoms with Gasteiger partial charge in [-0.3, -0.25) is 4.90 Å². The lowest BCUT2D eigenvalue weighted by atomic mass is 9.42. The normalized spacial score (nSPS) is 24.8. The summed E-state index contributed by atoms with van der Waals surface area (Å²) in [5.74, 6) is 10.2. The van der Waals surface area contributed by atoms with Crippen molar-refractivity contribution in [2.75, 3.05) is 87.7 Å². The quantitative estimate of drug-likeness (QED) is 0.125. The zero-order valence-electron chi connectivity index (χ0n) is 87.9. The zero-order chi connectivity index (χ0) is 100. The minimum Gasteiger partial charge on any atom is -0.497 e. The molecule has 15 aromatic carbocycles. The van der Waals surface area contributed by atoms with Gasteiger partial charge in [-0.05, 0) is 333 Å². The van der Waals surface area contributed by atoms with Crippen molar-refractivity contribution in [1.82, 2.24) is 4.90 Å². The van der Waals surface area contributed by atoms with E-state index in [4.69, 9.17) is 23.7 Å². The molecule has 29 rings (SSSR count). The third-order valence-electron chi connectivity index (χ3n) is 37.8. The Morgan fingerprint density at radius 3 is 1.13 bits per heavy atom. The maximum absolute atomic E-state index is 7.70. The Morgan fingerprint density at radius 2 is 0.694 bits per heavy atom. The maximum atomic E-state index is 7.70. The number of thioether (sulfide) groups is 1. The highest BCUT2D eigenvalue weighted by molar-refractivity contribution is 7.99. The standard InChI is InChI=1S/C46H48N2O2S.C46H43NO.C45H47NO2/c1-43(2)29-45(30-44(3,4)47(43)5)39-15-11-10-14-36(39)40-35-21-20-34(49-6)28-38(35)42-37(41(40)45)22-23-46(50-42,31-12-8-7-9-13-31)32-16-18-33(19-17-32)48-24-26-51-27-25-48;1-3-11-32(12-4-1)45(33-17-19-36(20-18-33)47-23-9-2-10-24-47)22-21-40-43-42(37-13-5-6-14-38(37)44(40)48-45)39-15-7-8-16-41(39)46(43)34-26-30-25-31(28-34)29-35(46)27-30;1-42(2)25-26-43(3,4)29-44(28-42)38-16-12-11-15-35(38)39-34-22-21-33(47-7)27-37(34)41-36(40(39)44)23-24-45(48-41,30-13-9-8-10-14-30)31-17-19-32(20-18-31)46(5)6/h7-23,28H,24-27,29-30H2,1-6H3;1,3-8,11-22,30-31,34-35H,2,9-10,23-29H2;8-24,27H,25-26,28-29H2,1-7H3. The van der Waals surface area contributed by atoms with Crippen LogP contribution in [0.4, 0.5) is 17.1 Å². The van der Waals surface area contributed by atoms with E-state index >= 15 is 0 Å². The second kappa shape index (κ2) is 35.1. The molecule has 3 unspecified atom stereocenters. The Morgan fingerprint density at radius 1 is 0.340 bits per heavy atom. The predicted molar refractivity (Wildman–Crippen MR) is 612 cm³/mol. The van der Waals surface area contributed by atoms with Gasteiger partial charge < -0.3 is 38.4 Å². The summed E-state index contributed by atoms with van der Waals surface area (Å²) in [6.45, 7) is 24.1. The first kappa shape index (κ1) is 93.8. The van der Waals surface area contributed by atoms with Crippen LogP contribution in [0.15, 0.2) is 315 Å². The fraction of sp³-hybridized carbons (Fsp3) is 0.343. The molecule has 6 heterocycles. The van der Waals surface area contributed by atoms with Crippen LogP contribution in [0.3, 0.4) is 0 Å². The number of methoxy groups -OCH3 is 2. The molecule has 14 aliphatic rings. The van der Waals surface area contributed by atoms with E-state index < -0.39 is 16.8 Å². The Labute approximate surface area is 874 Å². The molecule has 8 aliphatic carbocycles. The van der Waals surface area contributed by atoms with Gasteiger partial charge in [-0.1, -0.05) is 270 Å². The Balaban J connectivity index is 0.000000112. The van der Waals surface area contributed by atoms with E-state index in [9.17, 15) is 0 Å². The van der Waals surface area contributed by atoms with Gasteiger partial charge in [0.2, 0.25) is 0 Å². The first-order valence-electron chi connectivity index (χ1n) is 54.7. The predicted octanol–water partition coefficient (Wildman–Crippen LogP) is 32.4. The number of likely N-dealkylation sites (tertiary alicyclic amines) is 1.